The summed E-state index contributed by atoms with van der Waals surface area (Å²) in [6, 6.07) is 10.0. The first-order chi connectivity index (χ1) is 14.2. The van der Waals surface area contributed by atoms with E-state index in [0.29, 0.717) is 29.8 Å². The van der Waals surface area contributed by atoms with Crippen LogP contribution in [0.4, 0.5) is 5.69 Å². The van der Waals surface area contributed by atoms with Crippen LogP contribution < -0.4 is 44.3 Å². The SMILES string of the molecule is [2H][C@]1(NCCCCCCC(=O)[O-])c2ccccc2N(C)S(=O)(=O)c2cc(Cl)ccc21.[Na+]. The number of sulfonamides is 1. The molecule has 30 heavy (non-hydrogen) atoms. The molecule has 0 saturated heterocycles. The maximum absolute atomic E-state index is 13.2. The summed E-state index contributed by atoms with van der Waals surface area (Å²) in [5.74, 6) is -1.05. The van der Waals surface area contributed by atoms with Crippen molar-refractivity contribution in [2.75, 3.05) is 17.9 Å². The van der Waals surface area contributed by atoms with Gasteiger partial charge < -0.3 is 15.2 Å². The summed E-state index contributed by atoms with van der Waals surface area (Å²) in [7, 11) is -2.41. The van der Waals surface area contributed by atoms with E-state index in [1.54, 1.807) is 36.4 Å². The quantitative estimate of drug-likeness (QED) is 0.438. The molecule has 2 aromatic rings. The number of nitrogens with one attached hydrogen (secondary N) is 1. The van der Waals surface area contributed by atoms with E-state index in [9.17, 15) is 19.7 Å². The minimum absolute atomic E-state index is 0. The predicted octanol–water partition coefficient (Wildman–Crippen LogP) is -0.138. The monoisotopic (exact) mass is 459 g/mol. The molecule has 1 heterocycles. The Kier molecular flexibility index (Phi) is 8.62. The number of nitrogens with zero attached hydrogens (tertiary/aromatic N) is 1. The van der Waals surface area contributed by atoms with Gasteiger partial charge in [-0.15, -0.1) is 0 Å². The summed E-state index contributed by atoms with van der Waals surface area (Å²) < 4.78 is 37.0. The number of para-hydroxylation sites is 1. The summed E-state index contributed by atoms with van der Waals surface area (Å²) in [6.45, 7) is 0.467. The van der Waals surface area contributed by atoms with Crippen molar-refractivity contribution < 1.29 is 49.2 Å². The maximum atomic E-state index is 13.2. The molecule has 3 rings (SSSR count). The number of hydrogen-bond acceptors (Lipinski definition) is 5. The molecule has 0 saturated carbocycles. The molecule has 1 N–H and O–H groups in total. The number of halogens is 1. The predicted molar refractivity (Wildman–Crippen MR) is 111 cm³/mol. The van der Waals surface area contributed by atoms with Crippen LogP contribution in [0.1, 0.15) is 50.6 Å². The summed E-state index contributed by atoms with van der Waals surface area (Å²) in [4.78, 5) is 10.5. The van der Waals surface area contributed by atoms with E-state index in [2.05, 4.69) is 5.32 Å². The van der Waals surface area contributed by atoms with Gasteiger partial charge >= 0.3 is 29.6 Å². The Morgan fingerprint density at radius 2 is 1.87 bits per heavy atom. The van der Waals surface area contributed by atoms with Gasteiger partial charge in [-0.25, -0.2) is 8.42 Å². The van der Waals surface area contributed by atoms with Gasteiger partial charge in [0.15, 0.2) is 0 Å². The van der Waals surface area contributed by atoms with Crippen molar-refractivity contribution in [1.82, 2.24) is 5.32 Å². The van der Waals surface area contributed by atoms with Crippen molar-refractivity contribution in [3.05, 3.63) is 58.6 Å². The standard InChI is InChI=1S/C21H25ClN2O4S.Na/c1-24-18-9-6-5-8-16(18)21(23-13-7-3-2-4-10-20(25)26)17-12-11-15(22)14-19(17)29(24,27)28;/h5-6,8-9,11-12,14,21,23H,2-4,7,10,13H2,1H3,(H,25,26);/q;+1/p-1/t21-;/m0./s1/i21D;. The number of anilines is 1. The van der Waals surface area contributed by atoms with Crippen LogP contribution in [0.25, 0.3) is 0 Å². The molecule has 1 aliphatic rings. The fraction of sp³-hybridized carbons (Fsp3) is 0.381. The molecule has 0 aromatic heterocycles. The molecule has 156 valence electrons. The van der Waals surface area contributed by atoms with Crippen molar-refractivity contribution in [2.24, 2.45) is 0 Å². The van der Waals surface area contributed by atoms with E-state index in [1.807, 2.05) is 0 Å². The van der Waals surface area contributed by atoms with Crippen molar-refractivity contribution in [2.45, 2.75) is 43.0 Å². The Morgan fingerprint density at radius 1 is 1.17 bits per heavy atom. The fourth-order valence-corrected chi connectivity index (χ4v) is 5.12. The van der Waals surface area contributed by atoms with Crippen molar-refractivity contribution >= 4 is 33.3 Å². The average Bonchev–Trinajstić information content (AvgIpc) is 2.76. The van der Waals surface area contributed by atoms with Gasteiger partial charge in [-0.2, -0.15) is 0 Å². The van der Waals surface area contributed by atoms with Gasteiger partial charge in [0.25, 0.3) is 10.0 Å². The Labute approximate surface area is 206 Å². The number of rotatable bonds is 8. The van der Waals surface area contributed by atoms with Gasteiger partial charge in [0.05, 0.1) is 18.0 Å². The van der Waals surface area contributed by atoms with E-state index in [1.165, 1.54) is 17.4 Å². The topological polar surface area (TPSA) is 89.5 Å². The van der Waals surface area contributed by atoms with E-state index >= 15 is 0 Å². The molecule has 0 bridgehead atoms. The van der Waals surface area contributed by atoms with E-state index < -0.39 is 22.0 Å². The van der Waals surface area contributed by atoms with Gasteiger partial charge in [0, 0.05) is 18.0 Å². The Balaban J connectivity index is 0.00000341. The van der Waals surface area contributed by atoms with Crippen LogP contribution in [-0.4, -0.2) is 28.0 Å². The van der Waals surface area contributed by atoms with Crippen LogP contribution >= 0.6 is 11.6 Å². The van der Waals surface area contributed by atoms with Crippen molar-refractivity contribution in [3.63, 3.8) is 0 Å². The fourth-order valence-electron chi connectivity index (χ4n) is 3.45. The zero-order chi connectivity index (χ0) is 21.9. The minimum Gasteiger partial charge on any atom is -0.550 e. The summed E-state index contributed by atoms with van der Waals surface area (Å²) in [5, 5.41) is 14.0. The molecule has 0 aliphatic carbocycles. The third kappa shape index (κ3) is 5.58. The van der Waals surface area contributed by atoms with E-state index in [-0.39, 0.29) is 45.9 Å². The molecular weight excluding hydrogens is 435 g/mol. The van der Waals surface area contributed by atoms with Crippen LogP contribution in [0.15, 0.2) is 47.4 Å². The number of fused-ring (bicyclic) bond motifs is 2. The average molecular weight is 460 g/mol. The number of hydrogen-bond donors (Lipinski definition) is 1. The maximum Gasteiger partial charge on any atom is 1.00 e. The van der Waals surface area contributed by atoms with Gasteiger partial charge in [0.1, 0.15) is 0 Å². The zero-order valence-corrected chi connectivity index (χ0v) is 20.7. The second-order valence-electron chi connectivity index (χ2n) is 6.97. The summed E-state index contributed by atoms with van der Waals surface area (Å²) in [6.07, 6.45) is 2.87. The molecule has 0 amide bonds. The second kappa shape index (κ2) is 11.0. The number of carbonyl (C=O) groups excluding carboxylic acids is 1. The molecule has 0 spiro atoms. The Morgan fingerprint density at radius 3 is 2.60 bits per heavy atom. The smallest absolute Gasteiger partial charge is 0.550 e. The number of unbranched alkanes of at least 4 members (excludes halogenated alkanes) is 3. The molecule has 6 nitrogen and oxygen atoms in total. The van der Waals surface area contributed by atoms with E-state index in [4.69, 9.17) is 11.6 Å². The Bertz CT molecular complexity index is 1050. The summed E-state index contributed by atoms with van der Waals surface area (Å²) >= 11 is 6.10. The molecule has 0 fully saturated rings. The van der Waals surface area contributed by atoms with Crippen LogP contribution in [-0.2, 0) is 14.8 Å². The van der Waals surface area contributed by atoms with Crippen LogP contribution in [0.5, 0.6) is 0 Å². The second-order valence-corrected chi connectivity index (χ2v) is 9.34. The van der Waals surface area contributed by atoms with Gasteiger partial charge in [-0.1, -0.05) is 48.7 Å². The molecule has 0 radical (unpaired) electrons. The molecule has 1 aliphatic heterocycles. The third-order valence-corrected chi connectivity index (χ3v) is 7.02. The van der Waals surface area contributed by atoms with Crippen LogP contribution in [0, 0.1) is 0 Å². The molecule has 0 unspecified atom stereocenters. The number of carbonyl (C=O) groups is 1. The van der Waals surface area contributed by atoms with Gasteiger partial charge in [-0.05, 0) is 55.1 Å². The molecule has 2 aromatic carbocycles. The largest absolute Gasteiger partial charge is 1.00 e. The molecule has 9 heteroatoms. The number of aliphatic carboxylic acids is 1. The molecule has 1 atom stereocenters. The number of carboxylic acids is 1. The van der Waals surface area contributed by atoms with Crippen molar-refractivity contribution in [1.29, 1.82) is 0 Å². The molecular formula is C21H24ClN2NaO4S. The zero-order valence-electron chi connectivity index (χ0n) is 18.2. The Hall–Kier alpha value is -1.09. The number of benzene rings is 2. The first-order valence-corrected chi connectivity index (χ1v) is 11.3. The van der Waals surface area contributed by atoms with Gasteiger partial charge in [0.2, 0.25) is 0 Å². The van der Waals surface area contributed by atoms with Gasteiger partial charge in [-0.3, -0.25) is 4.31 Å². The van der Waals surface area contributed by atoms with Crippen LogP contribution in [0.2, 0.25) is 5.02 Å². The first-order valence-electron chi connectivity index (χ1n) is 10.0. The number of carboxylic acid groups (broad SMARTS) is 1. The minimum atomic E-state index is -3.89. The third-order valence-electron chi connectivity index (χ3n) is 4.97. The first kappa shape index (κ1) is 23.6. The summed E-state index contributed by atoms with van der Waals surface area (Å²) in [5.41, 5.74) is 1.29. The van der Waals surface area contributed by atoms with Crippen molar-refractivity contribution in [3.8, 4) is 0 Å². The van der Waals surface area contributed by atoms with E-state index in [0.717, 1.165) is 19.3 Å². The normalized spacial score (nSPS) is 19.7. The van der Waals surface area contributed by atoms with Crippen LogP contribution in [0.3, 0.4) is 0 Å².